The number of carbonyl (C=O) groups excluding carboxylic acids is 1. The van der Waals surface area contributed by atoms with Crippen molar-refractivity contribution >= 4 is 15.6 Å². The molecule has 0 saturated heterocycles. The number of rotatable bonds is 5. The first-order valence-electron chi connectivity index (χ1n) is 16.5. The number of ketones is 1. The topological polar surface area (TPSA) is 51.2 Å². The van der Waals surface area contributed by atoms with E-state index in [-0.39, 0.29) is 5.78 Å². The highest BCUT2D eigenvalue weighted by Gasteiger charge is 2.32. The highest BCUT2D eigenvalue weighted by Crippen LogP contribution is 2.37. The zero-order valence-corrected chi connectivity index (χ0v) is 31.2. The molecule has 6 rings (SSSR count). The van der Waals surface area contributed by atoms with Crippen molar-refractivity contribution in [2.24, 2.45) is 0 Å². The molecule has 6 aromatic carbocycles. The Morgan fingerprint density at radius 2 is 0.582 bits per heavy atom. The van der Waals surface area contributed by atoms with Crippen molar-refractivity contribution in [1.82, 2.24) is 0 Å². The fraction of sp³-hybridized carbons (Fsp3) is 0.140. The SMILES string of the molecule is Cc1c(F)c(F)c(-c2c(F)c(F)c(C)c(F)c2F)c(F)c1F.Cc1ccc(C(=O)c2ccc(C)cc2)cc1.Cc1ccc(S(=O)(=O)c2ccc(C)cc2)cc1. The third kappa shape index (κ3) is 9.20. The highest BCUT2D eigenvalue weighted by atomic mass is 32.2. The Bertz CT molecular complexity index is 2240. The van der Waals surface area contributed by atoms with Gasteiger partial charge >= 0.3 is 0 Å². The molecule has 3 nitrogen and oxygen atoms in total. The largest absolute Gasteiger partial charge is 0.289 e. The van der Waals surface area contributed by atoms with Crippen molar-refractivity contribution in [3.8, 4) is 11.1 Å². The van der Waals surface area contributed by atoms with Gasteiger partial charge in [0.15, 0.2) is 52.3 Å². The van der Waals surface area contributed by atoms with Crippen LogP contribution in [0.1, 0.15) is 49.3 Å². The molecular formula is C43H34F8O3S. The quantitative estimate of drug-likeness (QED) is 0.0994. The zero-order valence-electron chi connectivity index (χ0n) is 30.4. The van der Waals surface area contributed by atoms with Gasteiger partial charge in [-0.1, -0.05) is 95.1 Å². The molecule has 0 heterocycles. The third-order valence-corrected chi connectivity index (χ3v) is 10.3. The first-order valence-corrected chi connectivity index (χ1v) is 18.0. The summed E-state index contributed by atoms with van der Waals surface area (Å²) in [6.45, 7) is 9.26. The van der Waals surface area contributed by atoms with Crippen molar-refractivity contribution in [2.45, 2.75) is 51.3 Å². The predicted molar refractivity (Wildman–Crippen MR) is 195 cm³/mol. The molecule has 0 aliphatic rings. The number of aryl methyl sites for hydroxylation is 4. The Labute approximate surface area is 313 Å². The van der Waals surface area contributed by atoms with Crippen molar-refractivity contribution in [2.75, 3.05) is 0 Å². The second kappa shape index (κ2) is 17.2. The van der Waals surface area contributed by atoms with E-state index in [4.69, 9.17) is 0 Å². The fourth-order valence-electron chi connectivity index (χ4n) is 5.07. The van der Waals surface area contributed by atoms with Crippen LogP contribution in [0.5, 0.6) is 0 Å². The summed E-state index contributed by atoms with van der Waals surface area (Å²) in [5, 5.41) is 0. The van der Waals surface area contributed by atoms with Crippen LogP contribution in [0.15, 0.2) is 107 Å². The molecule has 0 N–H and O–H groups in total. The molecule has 286 valence electrons. The molecule has 0 fully saturated rings. The van der Waals surface area contributed by atoms with E-state index in [9.17, 15) is 48.3 Å². The molecule has 0 radical (unpaired) electrons. The van der Waals surface area contributed by atoms with E-state index >= 15 is 0 Å². The van der Waals surface area contributed by atoms with Crippen LogP contribution < -0.4 is 0 Å². The second-order valence-corrected chi connectivity index (χ2v) is 14.7. The predicted octanol–water partition coefficient (Wildman–Crippen LogP) is 11.8. The molecule has 0 atom stereocenters. The summed E-state index contributed by atoms with van der Waals surface area (Å²) in [5.41, 5.74) is 0.0626. The van der Waals surface area contributed by atoms with Gasteiger partial charge in [-0.25, -0.2) is 43.5 Å². The normalized spacial score (nSPS) is 10.9. The summed E-state index contributed by atoms with van der Waals surface area (Å²) < 4.78 is 133. The number of hydrogen-bond acceptors (Lipinski definition) is 3. The zero-order chi connectivity index (χ0) is 40.9. The van der Waals surface area contributed by atoms with Gasteiger partial charge in [0.05, 0.1) is 20.9 Å². The van der Waals surface area contributed by atoms with E-state index in [1.807, 2.05) is 76.2 Å². The Balaban J connectivity index is 0.000000186. The van der Waals surface area contributed by atoms with Gasteiger partial charge in [0.25, 0.3) is 0 Å². The van der Waals surface area contributed by atoms with E-state index in [0.717, 1.165) is 22.3 Å². The van der Waals surface area contributed by atoms with Crippen molar-refractivity contribution < 1.29 is 48.3 Å². The lowest BCUT2D eigenvalue weighted by Crippen LogP contribution is -2.09. The highest BCUT2D eigenvalue weighted by molar-refractivity contribution is 7.91. The second-order valence-electron chi connectivity index (χ2n) is 12.7. The minimum atomic E-state index is -3.37. The Kier molecular flexibility index (Phi) is 13.2. The van der Waals surface area contributed by atoms with Crippen LogP contribution in [-0.2, 0) is 9.84 Å². The van der Waals surface area contributed by atoms with Gasteiger partial charge in [-0.05, 0) is 65.8 Å². The van der Waals surface area contributed by atoms with Crippen LogP contribution in [-0.4, -0.2) is 14.2 Å². The molecule has 0 aromatic heterocycles. The average molecular weight is 783 g/mol. The molecule has 0 saturated carbocycles. The minimum Gasteiger partial charge on any atom is -0.289 e. The van der Waals surface area contributed by atoms with Crippen LogP contribution in [0.4, 0.5) is 35.1 Å². The molecular weight excluding hydrogens is 749 g/mol. The molecule has 0 amide bonds. The molecule has 6 aromatic rings. The van der Waals surface area contributed by atoms with Crippen molar-refractivity contribution in [3.63, 3.8) is 0 Å². The third-order valence-electron chi connectivity index (χ3n) is 8.51. The van der Waals surface area contributed by atoms with Crippen LogP contribution in [0, 0.1) is 88.1 Å². The number of halogens is 8. The van der Waals surface area contributed by atoms with Gasteiger partial charge in [-0.3, -0.25) is 4.79 Å². The number of hydrogen-bond donors (Lipinski definition) is 0. The van der Waals surface area contributed by atoms with Gasteiger partial charge in [0.1, 0.15) is 0 Å². The van der Waals surface area contributed by atoms with Crippen molar-refractivity contribution in [3.05, 3.63) is 188 Å². The lowest BCUT2D eigenvalue weighted by Gasteiger charge is -2.13. The van der Waals surface area contributed by atoms with Crippen LogP contribution >= 0.6 is 0 Å². The van der Waals surface area contributed by atoms with Crippen LogP contribution in [0.2, 0.25) is 0 Å². The molecule has 0 unspecified atom stereocenters. The number of sulfone groups is 1. The summed E-state index contributed by atoms with van der Waals surface area (Å²) in [5.74, 6) is -16.2. The lowest BCUT2D eigenvalue weighted by atomic mass is 9.98. The first-order chi connectivity index (χ1) is 25.8. The van der Waals surface area contributed by atoms with Gasteiger partial charge in [-0.15, -0.1) is 0 Å². The molecule has 0 aliphatic carbocycles. The monoisotopic (exact) mass is 782 g/mol. The molecule has 0 aliphatic heterocycles. The summed E-state index contributed by atoms with van der Waals surface area (Å²) in [6.07, 6.45) is 0. The lowest BCUT2D eigenvalue weighted by molar-refractivity contribution is 0.103. The molecule has 12 heteroatoms. The van der Waals surface area contributed by atoms with Gasteiger partial charge in [-0.2, -0.15) is 0 Å². The number of benzene rings is 6. The Morgan fingerprint density at radius 3 is 0.818 bits per heavy atom. The average Bonchev–Trinajstić information content (AvgIpc) is 3.17. The van der Waals surface area contributed by atoms with Gasteiger partial charge in [0.2, 0.25) is 9.84 Å². The summed E-state index contributed by atoms with van der Waals surface area (Å²) in [7, 11) is -3.37. The maximum Gasteiger partial charge on any atom is 0.206 e. The molecule has 55 heavy (non-hydrogen) atoms. The van der Waals surface area contributed by atoms with E-state index in [0.29, 0.717) is 23.6 Å². The summed E-state index contributed by atoms with van der Waals surface area (Å²) in [6, 6.07) is 29.1. The Hall–Kier alpha value is -5.62. The van der Waals surface area contributed by atoms with E-state index in [1.165, 1.54) is 11.1 Å². The summed E-state index contributed by atoms with van der Waals surface area (Å²) >= 11 is 0. The maximum atomic E-state index is 13.8. The maximum absolute atomic E-state index is 13.8. The number of carbonyl (C=O) groups is 1. The van der Waals surface area contributed by atoms with E-state index in [1.54, 1.807) is 48.5 Å². The minimum absolute atomic E-state index is 0.0833. The molecule has 0 spiro atoms. The fourth-order valence-corrected chi connectivity index (χ4v) is 6.33. The smallest absolute Gasteiger partial charge is 0.206 e. The first kappa shape index (κ1) is 42.1. The Morgan fingerprint density at radius 1 is 0.364 bits per heavy atom. The van der Waals surface area contributed by atoms with Crippen molar-refractivity contribution in [1.29, 1.82) is 0 Å². The standard InChI is InChI=1S/C15H14O.C14H6F8.C14H14O2S/c1-11-3-7-13(8-4-11)15(16)14-9-5-12(2)6-10-14;1-3-7(15)11(19)5(12(20)8(3)16)6-13(21)9(17)4(2)10(18)14(6)22;1-11-3-7-13(8-4-11)17(15,16)14-9-5-12(2)6-10-14/h3-10H,1-2H3;1-2H3;3-10H,1-2H3. The van der Waals surface area contributed by atoms with Crippen LogP contribution in [0.3, 0.4) is 0 Å². The molecule has 0 bridgehead atoms. The van der Waals surface area contributed by atoms with Gasteiger partial charge < -0.3 is 0 Å². The van der Waals surface area contributed by atoms with E-state index < -0.39 is 78.6 Å². The summed E-state index contributed by atoms with van der Waals surface area (Å²) in [4.78, 5) is 12.7. The van der Waals surface area contributed by atoms with E-state index in [2.05, 4.69) is 0 Å². The van der Waals surface area contributed by atoms with Crippen LogP contribution in [0.25, 0.3) is 11.1 Å². The van der Waals surface area contributed by atoms with Gasteiger partial charge in [0, 0.05) is 22.3 Å².